The fourth-order valence-corrected chi connectivity index (χ4v) is 0.895. The van der Waals surface area contributed by atoms with E-state index in [0.29, 0.717) is 12.0 Å². The summed E-state index contributed by atoms with van der Waals surface area (Å²) in [4.78, 5) is 10.4. The molecule has 0 aliphatic rings. The number of nitrogens with zero attached hydrogens (tertiary/aromatic N) is 1. The van der Waals surface area contributed by atoms with E-state index in [1.165, 1.54) is 0 Å². The minimum Gasteiger partial charge on any atom is -0.298 e. The van der Waals surface area contributed by atoms with Crippen LogP contribution in [0.25, 0.3) is 0 Å². The van der Waals surface area contributed by atoms with E-state index in [0.717, 1.165) is 11.8 Å². The molecule has 2 heteroatoms. The second kappa shape index (κ2) is 3.52. The van der Waals surface area contributed by atoms with Crippen LogP contribution in [0.5, 0.6) is 0 Å². The Hall–Kier alpha value is -1.62. The van der Waals surface area contributed by atoms with Gasteiger partial charge in [-0.15, -0.1) is 0 Å². The molecule has 0 heterocycles. The second-order valence-electron chi connectivity index (χ2n) is 2.15. The van der Waals surface area contributed by atoms with Crippen LogP contribution in [-0.4, -0.2) is 6.29 Å². The van der Waals surface area contributed by atoms with Crippen molar-refractivity contribution < 1.29 is 4.79 Å². The van der Waals surface area contributed by atoms with Gasteiger partial charge >= 0.3 is 0 Å². The Morgan fingerprint density at radius 2 is 2.18 bits per heavy atom. The zero-order valence-electron chi connectivity index (χ0n) is 5.95. The molecule has 1 aromatic carbocycles. The lowest BCUT2D eigenvalue weighted by Crippen LogP contribution is -1.89. The molecule has 54 valence electrons. The van der Waals surface area contributed by atoms with Crippen LogP contribution in [0.3, 0.4) is 0 Å². The van der Waals surface area contributed by atoms with Gasteiger partial charge in [0.15, 0.2) is 0 Å². The predicted octanol–water partition coefficient (Wildman–Crippen LogP) is 1.57. The minimum atomic E-state index is 0.301. The summed E-state index contributed by atoms with van der Waals surface area (Å²) in [5.41, 5.74) is 1.40. The van der Waals surface area contributed by atoms with E-state index in [1.54, 1.807) is 18.2 Å². The number of aldehydes is 1. The van der Waals surface area contributed by atoms with E-state index in [9.17, 15) is 4.79 Å². The summed E-state index contributed by atoms with van der Waals surface area (Å²) in [6.07, 6.45) is 1.07. The van der Waals surface area contributed by atoms with Crippen molar-refractivity contribution >= 4 is 6.29 Å². The van der Waals surface area contributed by atoms with Gasteiger partial charge in [0, 0.05) is 5.56 Å². The van der Waals surface area contributed by atoms with Crippen molar-refractivity contribution in [3.05, 3.63) is 35.4 Å². The average Bonchev–Trinajstić information content (AvgIpc) is 2.06. The van der Waals surface area contributed by atoms with Gasteiger partial charge < -0.3 is 0 Å². The Labute approximate surface area is 65.1 Å². The number of hydrogen-bond acceptors (Lipinski definition) is 2. The van der Waals surface area contributed by atoms with Crippen LogP contribution in [0.15, 0.2) is 24.3 Å². The molecule has 1 rings (SSSR count). The van der Waals surface area contributed by atoms with Gasteiger partial charge in [-0.05, 0) is 5.56 Å². The lowest BCUT2D eigenvalue weighted by molar-refractivity contribution is 0.112. The van der Waals surface area contributed by atoms with Gasteiger partial charge in [0.25, 0.3) is 0 Å². The standard InChI is InChI=1S/C9H7NO/c10-6-5-8-3-1-2-4-9(8)7-11/h1-4,7H,5H2. The maximum atomic E-state index is 10.4. The van der Waals surface area contributed by atoms with Crippen LogP contribution in [0.1, 0.15) is 15.9 Å². The second-order valence-corrected chi connectivity index (χ2v) is 2.15. The first-order valence-corrected chi connectivity index (χ1v) is 3.28. The molecule has 0 N–H and O–H groups in total. The summed E-state index contributed by atoms with van der Waals surface area (Å²) in [7, 11) is 0. The molecule has 0 saturated heterocycles. The molecule has 0 aliphatic heterocycles. The fourth-order valence-electron chi connectivity index (χ4n) is 0.895. The van der Waals surface area contributed by atoms with Crippen molar-refractivity contribution in [3.8, 4) is 6.07 Å². The van der Waals surface area contributed by atoms with Crippen LogP contribution in [0.4, 0.5) is 0 Å². The molecule has 2 nitrogen and oxygen atoms in total. The van der Waals surface area contributed by atoms with Gasteiger partial charge in [0.2, 0.25) is 0 Å². The third-order valence-corrected chi connectivity index (χ3v) is 1.45. The number of rotatable bonds is 2. The summed E-state index contributed by atoms with van der Waals surface area (Å²) in [5, 5.41) is 8.37. The maximum absolute atomic E-state index is 10.4. The number of carbonyl (C=O) groups excluding carboxylic acids is 1. The van der Waals surface area contributed by atoms with Gasteiger partial charge in [0.1, 0.15) is 6.29 Å². The minimum absolute atomic E-state index is 0.301. The van der Waals surface area contributed by atoms with E-state index >= 15 is 0 Å². The fraction of sp³-hybridized carbons (Fsp3) is 0.111. The van der Waals surface area contributed by atoms with Gasteiger partial charge in [-0.25, -0.2) is 0 Å². The van der Waals surface area contributed by atoms with Crippen LogP contribution in [0, 0.1) is 11.3 Å². The van der Waals surface area contributed by atoms with Crippen molar-refractivity contribution in [2.45, 2.75) is 6.42 Å². The average molecular weight is 145 g/mol. The summed E-state index contributed by atoms with van der Waals surface area (Å²) in [6, 6.07) is 9.09. The molecule has 0 saturated carbocycles. The molecule has 0 radical (unpaired) electrons. The van der Waals surface area contributed by atoms with Crippen LogP contribution < -0.4 is 0 Å². The number of carbonyl (C=O) groups is 1. The number of benzene rings is 1. The van der Waals surface area contributed by atoms with E-state index in [1.807, 2.05) is 12.1 Å². The van der Waals surface area contributed by atoms with Crippen molar-refractivity contribution in [2.24, 2.45) is 0 Å². The Balaban J connectivity index is 3.04. The lowest BCUT2D eigenvalue weighted by Gasteiger charge is -1.96. The molecule has 0 fully saturated rings. The molecule has 0 aliphatic carbocycles. The summed E-state index contributed by atoms with van der Waals surface area (Å²) in [6.45, 7) is 0. The lowest BCUT2D eigenvalue weighted by atomic mass is 10.1. The highest BCUT2D eigenvalue weighted by Gasteiger charge is 1.97. The highest BCUT2D eigenvalue weighted by molar-refractivity contribution is 5.77. The predicted molar refractivity (Wildman–Crippen MR) is 41.1 cm³/mol. The van der Waals surface area contributed by atoms with E-state index in [4.69, 9.17) is 5.26 Å². The van der Waals surface area contributed by atoms with E-state index in [2.05, 4.69) is 0 Å². The first-order chi connectivity index (χ1) is 5.38. The van der Waals surface area contributed by atoms with Crippen LogP contribution in [-0.2, 0) is 6.42 Å². The Morgan fingerprint density at radius 3 is 2.82 bits per heavy atom. The Morgan fingerprint density at radius 1 is 1.45 bits per heavy atom. The number of hydrogen-bond donors (Lipinski definition) is 0. The monoisotopic (exact) mass is 145 g/mol. The molecule has 1 aromatic rings. The summed E-state index contributed by atoms with van der Waals surface area (Å²) < 4.78 is 0. The highest BCUT2D eigenvalue weighted by atomic mass is 16.1. The van der Waals surface area contributed by atoms with Crippen molar-refractivity contribution in [1.29, 1.82) is 5.26 Å². The molecule has 0 aromatic heterocycles. The highest BCUT2D eigenvalue weighted by Crippen LogP contribution is 2.05. The van der Waals surface area contributed by atoms with E-state index in [-0.39, 0.29) is 0 Å². The first kappa shape index (κ1) is 7.49. The molecule has 0 unspecified atom stereocenters. The maximum Gasteiger partial charge on any atom is 0.150 e. The van der Waals surface area contributed by atoms with Gasteiger partial charge in [-0.3, -0.25) is 4.79 Å². The van der Waals surface area contributed by atoms with E-state index < -0.39 is 0 Å². The molecule has 0 atom stereocenters. The molecule has 0 amide bonds. The summed E-state index contributed by atoms with van der Waals surface area (Å²) in [5.74, 6) is 0. The molecule has 0 spiro atoms. The SMILES string of the molecule is N#CCc1ccccc1C=O. The smallest absolute Gasteiger partial charge is 0.150 e. The summed E-state index contributed by atoms with van der Waals surface area (Å²) >= 11 is 0. The zero-order chi connectivity index (χ0) is 8.10. The molecule has 11 heavy (non-hydrogen) atoms. The number of nitriles is 1. The van der Waals surface area contributed by atoms with Crippen molar-refractivity contribution in [2.75, 3.05) is 0 Å². The molecular formula is C9H7NO. The third kappa shape index (κ3) is 1.65. The van der Waals surface area contributed by atoms with Gasteiger partial charge in [0.05, 0.1) is 12.5 Å². The zero-order valence-corrected chi connectivity index (χ0v) is 5.95. The largest absolute Gasteiger partial charge is 0.298 e. The quantitative estimate of drug-likeness (QED) is 0.592. The molecular weight excluding hydrogens is 138 g/mol. The Bertz CT molecular complexity index is 299. The topological polar surface area (TPSA) is 40.9 Å². The van der Waals surface area contributed by atoms with Crippen molar-refractivity contribution in [3.63, 3.8) is 0 Å². The van der Waals surface area contributed by atoms with Gasteiger partial charge in [-0.1, -0.05) is 24.3 Å². The molecule has 0 bridgehead atoms. The van der Waals surface area contributed by atoms with Crippen molar-refractivity contribution in [1.82, 2.24) is 0 Å². The van der Waals surface area contributed by atoms with Crippen LogP contribution in [0.2, 0.25) is 0 Å². The Kier molecular flexibility index (Phi) is 2.40. The third-order valence-electron chi connectivity index (χ3n) is 1.45. The van der Waals surface area contributed by atoms with Crippen LogP contribution >= 0.6 is 0 Å². The first-order valence-electron chi connectivity index (χ1n) is 3.28. The normalized spacial score (nSPS) is 8.64. The van der Waals surface area contributed by atoms with Gasteiger partial charge in [-0.2, -0.15) is 5.26 Å².